The van der Waals surface area contributed by atoms with Gasteiger partial charge < -0.3 is 0 Å². The molecule has 1 fully saturated rings. The fourth-order valence-electron chi connectivity index (χ4n) is 3.13. The van der Waals surface area contributed by atoms with E-state index in [0.717, 1.165) is 50.3 Å². The van der Waals surface area contributed by atoms with Gasteiger partial charge in [0.15, 0.2) is 0 Å². The molecule has 1 unspecified atom stereocenters. The summed E-state index contributed by atoms with van der Waals surface area (Å²) in [5, 5.41) is 11.7. The van der Waals surface area contributed by atoms with Gasteiger partial charge in [-0.2, -0.15) is 0 Å². The van der Waals surface area contributed by atoms with Gasteiger partial charge in [-0.1, -0.05) is 32.1 Å². The summed E-state index contributed by atoms with van der Waals surface area (Å²) in [5.74, 6) is 0. The van der Waals surface area contributed by atoms with Gasteiger partial charge in [-0.15, -0.1) is 6.58 Å². The summed E-state index contributed by atoms with van der Waals surface area (Å²) < 4.78 is 0. The van der Waals surface area contributed by atoms with Crippen molar-refractivity contribution in [3.8, 4) is 0 Å². The molecule has 0 amide bonds. The molecule has 0 aliphatic carbocycles. The molecule has 22 heavy (non-hydrogen) atoms. The quantitative estimate of drug-likeness (QED) is 0.769. The van der Waals surface area contributed by atoms with Crippen LogP contribution in [0.3, 0.4) is 0 Å². The van der Waals surface area contributed by atoms with Crippen LogP contribution < -0.4 is 5.48 Å². The predicted octanol–water partition coefficient (Wildman–Crippen LogP) is 3.99. The molecule has 1 aliphatic heterocycles. The maximum atomic E-state index is 10.7. The fraction of sp³-hybridized carbons (Fsp3) is 0.882. The highest BCUT2D eigenvalue weighted by atomic mass is 16.9. The summed E-state index contributed by atoms with van der Waals surface area (Å²) >= 11 is 0. The van der Waals surface area contributed by atoms with Crippen molar-refractivity contribution in [2.75, 3.05) is 6.54 Å². The zero-order valence-electron chi connectivity index (χ0n) is 14.9. The van der Waals surface area contributed by atoms with Crippen LogP contribution in [0.4, 0.5) is 0 Å². The number of rotatable bonds is 4. The predicted molar refractivity (Wildman–Crippen MR) is 88.3 cm³/mol. The van der Waals surface area contributed by atoms with Gasteiger partial charge >= 0.3 is 0 Å². The van der Waals surface area contributed by atoms with Crippen LogP contribution in [0.15, 0.2) is 12.7 Å². The maximum absolute atomic E-state index is 10.7. The van der Waals surface area contributed by atoms with Crippen LogP contribution in [0.2, 0.25) is 0 Å². The summed E-state index contributed by atoms with van der Waals surface area (Å²) in [7, 11) is 0. The van der Waals surface area contributed by atoms with Crippen molar-refractivity contribution < 1.29 is 14.9 Å². The lowest BCUT2D eigenvalue weighted by atomic mass is 9.77. The van der Waals surface area contributed by atoms with Crippen LogP contribution in [0.1, 0.15) is 73.1 Å². The molecule has 0 aromatic rings. The van der Waals surface area contributed by atoms with E-state index in [2.05, 4.69) is 32.8 Å². The Morgan fingerprint density at radius 2 is 1.82 bits per heavy atom. The molecule has 0 bridgehead atoms. The monoisotopic (exact) mass is 314 g/mol. The maximum Gasteiger partial charge on any atom is 0.119 e. The molecule has 2 N–H and O–H groups in total. The second-order valence-electron chi connectivity index (χ2n) is 6.67. The number of hydrogen-bond donors (Lipinski definition) is 2. The van der Waals surface area contributed by atoms with Gasteiger partial charge in [-0.05, 0) is 52.4 Å². The van der Waals surface area contributed by atoms with Gasteiger partial charge in [0.25, 0.3) is 0 Å². The highest BCUT2D eigenvalue weighted by Crippen LogP contribution is 2.39. The average molecular weight is 314 g/mol. The Labute approximate surface area is 135 Å². The Morgan fingerprint density at radius 1 is 1.18 bits per heavy atom. The highest BCUT2D eigenvalue weighted by Gasteiger charge is 2.52. The third-order valence-electron chi connectivity index (χ3n) is 5.42. The average Bonchev–Trinajstić information content (AvgIpc) is 2.54. The standard InChI is InChI=1S/C17H34N2O3/c1-7-15(5)13-11-12-14-18-21-17(9-3,10-4)16(6,8-2)19(20)22-15/h8,18,20H,2,7,9-14H2,1,3-6H3/t15-,16?/m1/s1. The second kappa shape index (κ2) is 7.88. The van der Waals surface area contributed by atoms with E-state index in [0.29, 0.717) is 0 Å². The minimum absolute atomic E-state index is 0.392. The smallest absolute Gasteiger partial charge is 0.119 e. The number of nitrogens with one attached hydrogen (secondary N) is 1. The molecule has 130 valence electrons. The summed E-state index contributed by atoms with van der Waals surface area (Å²) in [6.07, 6.45) is 6.92. The Balaban J connectivity index is 3.22. The first kappa shape index (κ1) is 19.6. The van der Waals surface area contributed by atoms with Crippen molar-refractivity contribution >= 4 is 0 Å². The zero-order chi connectivity index (χ0) is 16.9. The molecule has 5 nitrogen and oxygen atoms in total. The molecule has 2 atom stereocenters. The highest BCUT2D eigenvalue weighted by molar-refractivity contribution is 5.11. The van der Waals surface area contributed by atoms with E-state index in [1.54, 1.807) is 6.08 Å². The summed E-state index contributed by atoms with van der Waals surface area (Å²) in [6, 6.07) is 0. The molecule has 1 heterocycles. The first-order chi connectivity index (χ1) is 10.3. The lowest BCUT2D eigenvalue weighted by Gasteiger charge is -2.49. The van der Waals surface area contributed by atoms with Crippen molar-refractivity contribution in [1.82, 2.24) is 10.7 Å². The molecular weight excluding hydrogens is 280 g/mol. The third-order valence-corrected chi connectivity index (χ3v) is 5.42. The number of nitrogens with zero attached hydrogens (tertiary/aromatic N) is 1. The molecule has 1 aliphatic rings. The van der Waals surface area contributed by atoms with Crippen molar-refractivity contribution in [3.05, 3.63) is 12.7 Å². The zero-order valence-corrected chi connectivity index (χ0v) is 14.9. The molecular formula is C17H34N2O3. The molecule has 0 spiro atoms. The van der Waals surface area contributed by atoms with E-state index in [1.807, 2.05) is 13.8 Å². The minimum atomic E-state index is -0.857. The first-order valence-corrected chi connectivity index (χ1v) is 8.55. The van der Waals surface area contributed by atoms with E-state index < -0.39 is 16.7 Å². The molecule has 5 heteroatoms. The normalized spacial score (nSPS) is 34.8. The molecule has 1 saturated heterocycles. The van der Waals surface area contributed by atoms with Gasteiger partial charge in [0.05, 0.1) is 5.60 Å². The van der Waals surface area contributed by atoms with E-state index in [1.165, 1.54) is 0 Å². The van der Waals surface area contributed by atoms with E-state index in [4.69, 9.17) is 9.68 Å². The Hall–Kier alpha value is -0.460. The SMILES string of the molecule is C=CC1(C)N(O)O[C@](C)(CC)CCCCNOC1(CC)CC. The van der Waals surface area contributed by atoms with Gasteiger partial charge in [0.2, 0.25) is 0 Å². The molecule has 0 aromatic heterocycles. The third kappa shape index (κ3) is 3.71. The Kier molecular flexibility index (Phi) is 7.02. The van der Waals surface area contributed by atoms with E-state index in [9.17, 15) is 5.21 Å². The van der Waals surface area contributed by atoms with Crippen LogP contribution in [0, 0.1) is 0 Å². The summed E-state index contributed by atoms with van der Waals surface area (Å²) in [5.41, 5.74) is 1.22. The minimum Gasteiger partial charge on any atom is -0.293 e. The summed E-state index contributed by atoms with van der Waals surface area (Å²) in [4.78, 5) is 12.0. The molecule has 0 saturated carbocycles. The van der Waals surface area contributed by atoms with Gasteiger partial charge in [-0.3, -0.25) is 14.9 Å². The fourth-order valence-corrected chi connectivity index (χ4v) is 3.13. The Morgan fingerprint density at radius 3 is 2.32 bits per heavy atom. The van der Waals surface area contributed by atoms with Gasteiger partial charge in [-0.25, -0.2) is 5.48 Å². The number of hydrogen-bond acceptors (Lipinski definition) is 5. The first-order valence-electron chi connectivity index (χ1n) is 8.55. The van der Waals surface area contributed by atoms with E-state index in [-0.39, 0.29) is 0 Å². The van der Waals surface area contributed by atoms with Crippen molar-refractivity contribution in [2.45, 2.75) is 89.9 Å². The van der Waals surface area contributed by atoms with Crippen LogP contribution in [0.25, 0.3) is 0 Å². The van der Waals surface area contributed by atoms with E-state index >= 15 is 0 Å². The number of hydroxylamine groups is 3. The van der Waals surface area contributed by atoms with Crippen LogP contribution in [0.5, 0.6) is 0 Å². The topological polar surface area (TPSA) is 54.0 Å². The van der Waals surface area contributed by atoms with Crippen LogP contribution in [-0.2, 0) is 9.68 Å². The van der Waals surface area contributed by atoms with Crippen LogP contribution in [-0.4, -0.2) is 33.7 Å². The van der Waals surface area contributed by atoms with Crippen molar-refractivity contribution in [1.29, 1.82) is 0 Å². The lowest BCUT2D eigenvalue weighted by Crippen LogP contribution is -2.63. The largest absolute Gasteiger partial charge is 0.293 e. The summed E-state index contributed by atoms with van der Waals surface area (Å²) in [6.45, 7) is 14.9. The van der Waals surface area contributed by atoms with Crippen LogP contribution >= 0.6 is 0 Å². The van der Waals surface area contributed by atoms with Gasteiger partial charge in [0.1, 0.15) is 11.1 Å². The second-order valence-corrected chi connectivity index (χ2v) is 6.67. The van der Waals surface area contributed by atoms with Crippen molar-refractivity contribution in [2.24, 2.45) is 0 Å². The molecule has 0 radical (unpaired) electrons. The van der Waals surface area contributed by atoms with Crippen molar-refractivity contribution in [3.63, 3.8) is 0 Å². The lowest BCUT2D eigenvalue weighted by molar-refractivity contribution is -0.439. The molecule has 0 aromatic carbocycles. The van der Waals surface area contributed by atoms with Gasteiger partial charge in [0, 0.05) is 6.54 Å². The Bertz CT molecular complexity index is 360. The molecule has 1 rings (SSSR count).